The molecule has 6 nitrogen and oxygen atoms in total. The van der Waals surface area contributed by atoms with Crippen LogP contribution >= 0.6 is 0 Å². The minimum atomic E-state index is -0.596. The quantitative estimate of drug-likeness (QED) is 0.782. The molecule has 1 fully saturated rings. The maximum absolute atomic E-state index is 13.0. The molecule has 128 valence electrons. The van der Waals surface area contributed by atoms with E-state index in [4.69, 9.17) is 0 Å². The predicted molar refractivity (Wildman–Crippen MR) is 85.7 cm³/mol. The van der Waals surface area contributed by atoms with Crippen LogP contribution in [-0.4, -0.2) is 44.7 Å². The Bertz CT molecular complexity index is 729. The summed E-state index contributed by atoms with van der Waals surface area (Å²) in [7, 11) is 1.67. The summed E-state index contributed by atoms with van der Waals surface area (Å²) in [6.07, 6.45) is 0.382. The molecule has 2 aromatic rings. The van der Waals surface area contributed by atoms with Crippen LogP contribution in [0.15, 0.2) is 30.3 Å². The third-order valence-electron chi connectivity index (χ3n) is 4.48. The molecule has 1 amide bonds. The molecule has 0 spiro atoms. The number of carbonyl (C=O) groups is 1. The fraction of sp³-hybridized carbons (Fsp3) is 0.412. The number of nitrogens with one attached hydrogen (secondary N) is 1. The van der Waals surface area contributed by atoms with Gasteiger partial charge in [0.05, 0.1) is 11.8 Å². The third-order valence-corrected chi connectivity index (χ3v) is 4.48. The highest BCUT2D eigenvalue weighted by Crippen LogP contribution is 2.26. The maximum Gasteiger partial charge on any atom is 0.269 e. The van der Waals surface area contributed by atoms with Crippen molar-refractivity contribution < 1.29 is 19.4 Å². The van der Waals surface area contributed by atoms with Gasteiger partial charge in [-0.25, -0.2) is 4.39 Å². The van der Waals surface area contributed by atoms with Crippen LogP contribution in [-0.2, 0) is 7.05 Å². The van der Waals surface area contributed by atoms with Gasteiger partial charge in [0.1, 0.15) is 11.5 Å². The molecule has 7 heteroatoms. The molecule has 1 aliphatic carbocycles. The van der Waals surface area contributed by atoms with Gasteiger partial charge in [0.2, 0.25) is 0 Å². The topological polar surface area (TPSA) is 87.4 Å². The van der Waals surface area contributed by atoms with Gasteiger partial charge in [-0.3, -0.25) is 9.48 Å². The Hall–Kier alpha value is -2.25. The number of rotatable bonds is 4. The van der Waals surface area contributed by atoms with E-state index in [2.05, 4.69) is 10.4 Å². The second-order valence-corrected chi connectivity index (χ2v) is 6.20. The van der Waals surface area contributed by atoms with Crippen molar-refractivity contribution in [3.05, 3.63) is 41.8 Å². The summed E-state index contributed by atoms with van der Waals surface area (Å²) >= 11 is 0. The number of halogens is 1. The lowest BCUT2D eigenvalue weighted by atomic mass is 10.1. The van der Waals surface area contributed by atoms with Gasteiger partial charge in [-0.1, -0.05) is 0 Å². The lowest BCUT2D eigenvalue weighted by Crippen LogP contribution is -2.34. The van der Waals surface area contributed by atoms with Gasteiger partial charge in [-0.15, -0.1) is 0 Å². The van der Waals surface area contributed by atoms with Crippen LogP contribution in [0.4, 0.5) is 4.39 Å². The van der Waals surface area contributed by atoms with Crippen molar-refractivity contribution in [3.63, 3.8) is 0 Å². The van der Waals surface area contributed by atoms with E-state index in [-0.39, 0.29) is 30.3 Å². The van der Waals surface area contributed by atoms with Crippen molar-refractivity contribution in [1.29, 1.82) is 0 Å². The number of aromatic nitrogens is 2. The summed E-state index contributed by atoms with van der Waals surface area (Å²) in [6, 6.07) is 7.39. The number of aliphatic hydroxyl groups excluding tert-OH is 2. The molecule has 1 aliphatic rings. The minimum absolute atomic E-state index is 0.0893. The molecule has 0 aliphatic heterocycles. The Labute approximate surface area is 138 Å². The van der Waals surface area contributed by atoms with Gasteiger partial charge in [0.25, 0.3) is 5.91 Å². The van der Waals surface area contributed by atoms with Crippen molar-refractivity contribution in [2.45, 2.75) is 25.0 Å². The Balaban J connectivity index is 1.73. The number of hydrogen-bond acceptors (Lipinski definition) is 4. The lowest BCUT2D eigenvalue weighted by molar-refractivity contribution is 0.0902. The first-order chi connectivity index (χ1) is 11.5. The number of aryl methyl sites for hydroxylation is 1. The fourth-order valence-corrected chi connectivity index (χ4v) is 3.12. The van der Waals surface area contributed by atoms with E-state index in [1.54, 1.807) is 25.2 Å². The third kappa shape index (κ3) is 3.32. The van der Waals surface area contributed by atoms with Gasteiger partial charge in [-0.05, 0) is 43.2 Å². The second-order valence-electron chi connectivity index (χ2n) is 6.20. The Morgan fingerprint density at radius 1 is 1.38 bits per heavy atom. The highest BCUT2D eigenvalue weighted by molar-refractivity contribution is 5.93. The monoisotopic (exact) mass is 333 g/mol. The molecule has 1 saturated carbocycles. The number of aliphatic hydroxyl groups is 2. The lowest BCUT2D eigenvalue weighted by Gasteiger charge is -2.12. The zero-order chi connectivity index (χ0) is 17.3. The van der Waals surface area contributed by atoms with Gasteiger partial charge >= 0.3 is 0 Å². The Morgan fingerprint density at radius 3 is 2.71 bits per heavy atom. The molecule has 0 saturated heterocycles. The summed E-state index contributed by atoms with van der Waals surface area (Å²) in [5, 5.41) is 26.2. The SMILES string of the molecule is Cn1nc(-c2ccc(F)cc2)cc1C(=O)N[C@H]1C[C@H](CO)[C@@H](O)C1. The van der Waals surface area contributed by atoms with Gasteiger partial charge in [-0.2, -0.15) is 5.10 Å². The van der Waals surface area contributed by atoms with Crippen molar-refractivity contribution in [3.8, 4) is 11.3 Å². The molecule has 1 aromatic heterocycles. The van der Waals surface area contributed by atoms with Gasteiger partial charge < -0.3 is 15.5 Å². The smallest absolute Gasteiger partial charge is 0.269 e. The number of hydrogen-bond donors (Lipinski definition) is 3. The first-order valence-electron chi connectivity index (χ1n) is 7.87. The van der Waals surface area contributed by atoms with E-state index in [0.717, 1.165) is 5.56 Å². The molecule has 3 atom stereocenters. The molecular formula is C17H20FN3O3. The van der Waals surface area contributed by atoms with E-state index >= 15 is 0 Å². The van der Waals surface area contributed by atoms with Crippen molar-refractivity contribution in [1.82, 2.24) is 15.1 Å². The number of nitrogens with zero attached hydrogens (tertiary/aromatic N) is 2. The molecule has 1 aromatic carbocycles. The molecule has 3 rings (SSSR count). The van der Waals surface area contributed by atoms with Crippen LogP contribution in [0.2, 0.25) is 0 Å². The van der Waals surface area contributed by atoms with Crippen molar-refractivity contribution in [2.24, 2.45) is 13.0 Å². The van der Waals surface area contributed by atoms with Crippen LogP contribution < -0.4 is 5.32 Å². The Kier molecular flexibility index (Phi) is 4.64. The van der Waals surface area contributed by atoms with Gasteiger partial charge in [0.15, 0.2) is 0 Å². The predicted octanol–water partition coefficient (Wildman–Crippen LogP) is 1.09. The highest BCUT2D eigenvalue weighted by atomic mass is 19.1. The molecule has 1 heterocycles. The molecule has 3 N–H and O–H groups in total. The van der Waals surface area contributed by atoms with Crippen molar-refractivity contribution in [2.75, 3.05) is 6.61 Å². The fourth-order valence-electron chi connectivity index (χ4n) is 3.12. The summed E-state index contributed by atoms with van der Waals surface area (Å²) in [5.41, 5.74) is 1.70. The summed E-state index contributed by atoms with van der Waals surface area (Å²) in [6.45, 7) is -0.0893. The number of benzene rings is 1. The maximum atomic E-state index is 13.0. The molecule has 0 bridgehead atoms. The van der Waals surface area contributed by atoms with Crippen LogP contribution in [0.3, 0.4) is 0 Å². The molecular weight excluding hydrogens is 313 g/mol. The van der Waals surface area contributed by atoms with Crippen LogP contribution in [0.25, 0.3) is 11.3 Å². The number of carbonyl (C=O) groups excluding carboxylic acids is 1. The number of amides is 1. The first kappa shape index (κ1) is 16.6. The summed E-state index contributed by atoms with van der Waals surface area (Å²) in [5.74, 6) is -0.809. The second kappa shape index (κ2) is 6.70. The average Bonchev–Trinajstić information content (AvgIpc) is 3.10. The molecule has 24 heavy (non-hydrogen) atoms. The van der Waals surface area contributed by atoms with E-state index in [1.165, 1.54) is 16.8 Å². The average molecular weight is 333 g/mol. The van der Waals surface area contributed by atoms with Crippen LogP contribution in [0, 0.1) is 11.7 Å². The molecule has 0 unspecified atom stereocenters. The minimum Gasteiger partial charge on any atom is -0.396 e. The zero-order valence-corrected chi connectivity index (χ0v) is 13.3. The van der Waals surface area contributed by atoms with E-state index in [0.29, 0.717) is 24.2 Å². The van der Waals surface area contributed by atoms with Crippen LogP contribution in [0.1, 0.15) is 23.3 Å². The van der Waals surface area contributed by atoms with Gasteiger partial charge in [0, 0.05) is 31.2 Å². The largest absolute Gasteiger partial charge is 0.396 e. The molecule has 0 radical (unpaired) electrons. The normalized spacial score (nSPS) is 23.4. The van der Waals surface area contributed by atoms with E-state index in [1.807, 2.05) is 0 Å². The van der Waals surface area contributed by atoms with E-state index < -0.39 is 6.10 Å². The first-order valence-corrected chi connectivity index (χ1v) is 7.87. The van der Waals surface area contributed by atoms with Crippen LogP contribution in [0.5, 0.6) is 0 Å². The van der Waals surface area contributed by atoms with Crippen molar-refractivity contribution >= 4 is 5.91 Å². The summed E-state index contributed by atoms with van der Waals surface area (Å²) < 4.78 is 14.5. The van der Waals surface area contributed by atoms with E-state index in [9.17, 15) is 19.4 Å². The standard InChI is InChI=1S/C17H20FN3O3/c1-21-15(8-14(20-21)10-2-4-12(18)5-3-10)17(24)19-13-6-11(9-22)16(23)7-13/h2-5,8,11,13,16,22-23H,6-7,9H2,1H3,(H,19,24)/t11-,13+,16+/m1/s1. The zero-order valence-electron chi connectivity index (χ0n) is 13.3. The Morgan fingerprint density at radius 2 is 2.08 bits per heavy atom. The summed E-state index contributed by atoms with van der Waals surface area (Å²) in [4.78, 5) is 12.4. The highest BCUT2D eigenvalue weighted by Gasteiger charge is 2.33.